The van der Waals surface area contributed by atoms with Crippen LogP contribution < -0.4 is 5.32 Å². The van der Waals surface area contributed by atoms with Crippen LogP contribution in [-0.2, 0) is 14.6 Å². The smallest absolute Gasteiger partial charge is 0.245 e. The van der Waals surface area contributed by atoms with E-state index in [0.29, 0.717) is 18.9 Å². The van der Waals surface area contributed by atoms with Crippen molar-refractivity contribution < 1.29 is 13.2 Å². The minimum Gasteiger partial charge on any atom is -0.374 e. The number of amides is 1. The van der Waals surface area contributed by atoms with Crippen LogP contribution in [-0.4, -0.2) is 49.4 Å². The van der Waals surface area contributed by atoms with Gasteiger partial charge >= 0.3 is 0 Å². The van der Waals surface area contributed by atoms with Gasteiger partial charge in [-0.2, -0.15) is 0 Å². The maximum Gasteiger partial charge on any atom is 0.245 e. The Morgan fingerprint density at radius 3 is 2.36 bits per heavy atom. The van der Waals surface area contributed by atoms with Crippen LogP contribution in [0.2, 0.25) is 0 Å². The summed E-state index contributed by atoms with van der Waals surface area (Å²) in [5, 5.41) is 3.24. The second-order valence-corrected chi connectivity index (χ2v) is 9.21. The summed E-state index contributed by atoms with van der Waals surface area (Å²) in [7, 11) is -3.00. The fraction of sp³-hybridized carbons (Fsp3) is 0.632. The summed E-state index contributed by atoms with van der Waals surface area (Å²) in [5.41, 5.74) is 2.20. The Morgan fingerprint density at radius 1 is 1.24 bits per heavy atom. The zero-order valence-electron chi connectivity index (χ0n) is 15.7. The molecule has 3 unspecified atom stereocenters. The summed E-state index contributed by atoms with van der Waals surface area (Å²) in [6, 6.07) is 7.60. The van der Waals surface area contributed by atoms with Crippen molar-refractivity contribution >= 4 is 21.4 Å². The molecule has 1 amide bonds. The van der Waals surface area contributed by atoms with E-state index in [9.17, 15) is 13.2 Å². The zero-order valence-corrected chi connectivity index (χ0v) is 16.5. The molecule has 1 aromatic carbocycles. The number of hydrogen-bond donors (Lipinski definition) is 1. The lowest BCUT2D eigenvalue weighted by Crippen LogP contribution is -2.47. The molecule has 0 aliphatic carbocycles. The molecule has 1 aliphatic heterocycles. The summed E-state index contributed by atoms with van der Waals surface area (Å²) in [6.45, 7) is 8.62. The molecule has 5 nitrogen and oxygen atoms in total. The first-order valence-electron chi connectivity index (χ1n) is 9.14. The number of likely N-dealkylation sites (N-methyl/N-ethyl adjacent to an activating group) is 1. The third-order valence-electron chi connectivity index (χ3n) is 5.12. The fourth-order valence-electron chi connectivity index (χ4n) is 3.32. The van der Waals surface area contributed by atoms with Crippen LogP contribution in [0.25, 0.3) is 0 Å². The highest BCUT2D eigenvalue weighted by molar-refractivity contribution is 7.91. The predicted octanol–water partition coefficient (Wildman–Crippen LogP) is 3.04. The molecule has 25 heavy (non-hydrogen) atoms. The van der Waals surface area contributed by atoms with Gasteiger partial charge in [-0.05, 0) is 50.3 Å². The van der Waals surface area contributed by atoms with Gasteiger partial charge in [0.05, 0.1) is 11.5 Å². The van der Waals surface area contributed by atoms with Gasteiger partial charge in [0, 0.05) is 18.3 Å². The first-order valence-corrected chi connectivity index (χ1v) is 11.0. The lowest BCUT2D eigenvalue weighted by atomic mass is 9.98. The number of nitrogens with zero attached hydrogens (tertiary/aromatic N) is 1. The Bertz CT molecular complexity index is 685. The molecular formula is C19H30N2O3S. The van der Waals surface area contributed by atoms with Crippen molar-refractivity contribution in [1.82, 2.24) is 4.90 Å². The lowest BCUT2D eigenvalue weighted by Gasteiger charge is -2.30. The number of carbonyl (C=O) groups excluding carboxylic acids is 1. The van der Waals surface area contributed by atoms with Crippen molar-refractivity contribution in [2.24, 2.45) is 0 Å². The monoisotopic (exact) mass is 366 g/mol. The molecule has 1 saturated heterocycles. The second-order valence-electron chi connectivity index (χ2n) is 6.98. The Kier molecular flexibility index (Phi) is 6.49. The molecule has 1 fully saturated rings. The van der Waals surface area contributed by atoms with Crippen LogP contribution in [0.15, 0.2) is 24.3 Å². The van der Waals surface area contributed by atoms with Crippen LogP contribution in [0.1, 0.15) is 52.0 Å². The van der Waals surface area contributed by atoms with Crippen LogP contribution in [0.5, 0.6) is 0 Å². The standard InChI is InChI=1S/C19H30N2O3S/c1-5-14(3)16-7-9-17(10-8-16)20-15(4)19(22)21(6-2)18-11-12-25(23,24)13-18/h7-10,14-15,18,20H,5-6,11-13H2,1-4H3. The highest BCUT2D eigenvalue weighted by atomic mass is 32.2. The second kappa shape index (κ2) is 8.21. The highest BCUT2D eigenvalue weighted by Gasteiger charge is 2.35. The van der Waals surface area contributed by atoms with Gasteiger partial charge < -0.3 is 10.2 Å². The average molecular weight is 367 g/mol. The van der Waals surface area contributed by atoms with Crippen molar-refractivity contribution in [2.45, 2.75) is 58.5 Å². The van der Waals surface area contributed by atoms with E-state index in [4.69, 9.17) is 0 Å². The number of benzene rings is 1. The van der Waals surface area contributed by atoms with Gasteiger partial charge in [-0.1, -0.05) is 26.0 Å². The normalized spacial score (nSPS) is 21.5. The van der Waals surface area contributed by atoms with E-state index in [1.165, 1.54) is 5.56 Å². The number of nitrogens with one attached hydrogen (secondary N) is 1. The molecule has 1 aliphatic rings. The van der Waals surface area contributed by atoms with Crippen LogP contribution in [0.4, 0.5) is 5.69 Å². The lowest BCUT2D eigenvalue weighted by molar-refractivity contribution is -0.133. The molecule has 1 heterocycles. The number of sulfone groups is 1. The fourth-order valence-corrected chi connectivity index (χ4v) is 5.05. The molecule has 1 aromatic rings. The first kappa shape index (κ1) is 19.8. The molecule has 2 rings (SSSR count). The minimum atomic E-state index is -3.00. The summed E-state index contributed by atoms with van der Waals surface area (Å²) >= 11 is 0. The molecule has 0 saturated carbocycles. The molecule has 140 valence electrons. The highest BCUT2D eigenvalue weighted by Crippen LogP contribution is 2.22. The van der Waals surface area contributed by atoms with Crippen molar-refractivity contribution in [3.8, 4) is 0 Å². The van der Waals surface area contributed by atoms with Crippen LogP contribution in [0, 0.1) is 0 Å². The number of carbonyl (C=O) groups is 1. The molecule has 0 spiro atoms. The van der Waals surface area contributed by atoms with Crippen molar-refractivity contribution in [2.75, 3.05) is 23.4 Å². The summed E-state index contributed by atoms with van der Waals surface area (Å²) in [5.74, 6) is 0.743. The molecule has 0 bridgehead atoms. The quantitative estimate of drug-likeness (QED) is 0.805. The third kappa shape index (κ3) is 4.97. The Balaban J connectivity index is 2.01. The van der Waals surface area contributed by atoms with Gasteiger partial charge in [-0.15, -0.1) is 0 Å². The largest absolute Gasteiger partial charge is 0.374 e. The van der Waals surface area contributed by atoms with Crippen molar-refractivity contribution in [1.29, 1.82) is 0 Å². The van der Waals surface area contributed by atoms with E-state index < -0.39 is 15.9 Å². The maximum atomic E-state index is 12.8. The minimum absolute atomic E-state index is 0.0457. The molecule has 0 radical (unpaired) electrons. The average Bonchev–Trinajstić information content (AvgIpc) is 2.95. The predicted molar refractivity (Wildman–Crippen MR) is 103 cm³/mol. The van der Waals surface area contributed by atoms with Crippen molar-refractivity contribution in [3.63, 3.8) is 0 Å². The SMILES string of the molecule is CCC(C)c1ccc(NC(C)C(=O)N(CC)C2CCS(=O)(=O)C2)cc1. The topological polar surface area (TPSA) is 66.5 Å². The van der Waals surface area contributed by atoms with Gasteiger partial charge in [0.2, 0.25) is 5.91 Å². The van der Waals surface area contributed by atoms with Crippen LogP contribution >= 0.6 is 0 Å². The van der Waals surface area contributed by atoms with E-state index in [0.717, 1.165) is 12.1 Å². The Morgan fingerprint density at radius 2 is 1.88 bits per heavy atom. The Labute approximate surface area is 151 Å². The Hall–Kier alpha value is -1.56. The molecule has 0 aromatic heterocycles. The summed E-state index contributed by atoms with van der Waals surface area (Å²) in [6.07, 6.45) is 1.63. The van der Waals surface area contributed by atoms with Gasteiger partial charge in [-0.25, -0.2) is 8.42 Å². The number of rotatable bonds is 7. The van der Waals surface area contributed by atoms with E-state index in [1.54, 1.807) is 4.90 Å². The molecular weight excluding hydrogens is 336 g/mol. The van der Waals surface area contributed by atoms with Gasteiger partial charge in [0.1, 0.15) is 6.04 Å². The van der Waals surface area contributed by atoms with E-state index in [2.05, 4.69) is 31.3 Å². The first-order chi connectivity index (χ1) is 11.8. The number of hydrogen-bond acceptors (Lipinski definition) is 4. The summed E-state index contributed by atoms with van der Waals surface area (Å²) in [4.78, 5) is 14.5. The maximum absolute atomic E-state index is 12.8. The number of anilines is 1. The van der Waals surface area contributed by atoms with E-state index in [-0.39, 0.29) is 23.5 Å². The van der Waals surface area contributed by atoms with E-state index >= 15 is 0 Å². The van der Waals surface area contributed by atoms with Gasteiger partial charge in [0.15, 0.2) is 9.84 Å². The van der Waals surface area contributed by atoms with E-state index in [1.807, 2.05) is 26.0 Å². The van der Waals surface area contributed by atoms with Gasteiger partial charge in [0.25, 0.3) is 0 Å². The third-order valence-corrected chi connectivity index (χ3v) is 6.87. The van der Waals surface area contributed by atoms with Gasteiger partial charge in [-0.3, -0.25) is 4.79 Å². The van der Waals surface area contributed by atoms with Crippen molar-refractivity contribution in [3.05, 3.63) is 29.8 Å². The molecule has 3 atom stereocenters. The van der Waals surface area contributed by atoms with Crippen LogP contribution in [0.3, 0.4) is 0 Å². The molecule has 6 heteroatoms. The molecule has 1 N–H and O–H groups in total. The summed E-state index contributed by atoms with van der Waals surface area (Å²) < 4.78 is 23.4. The zero-order chi connectivity index (χ0) is 18.6.